The molecule has 0 aliphatic carbocycles. The molecule has 2 aromatic heterocycles. The molecule has 7 heteroatoms. The lowest BCUT2D eigenvalue weighted by molar-refractivity contribution is 0.476. The van der Waals surface area contributed by atoms with Gasteiger partial charge in [0.15, 0.2) is 5.69 Å². The molecular formula is C8H11N5OS. The molecule has 1 N–H and O–H groups in total. The quantitative estimate of drug-likeness (QED) is 0.767. The second-order valence-electron chi connectivity index (χ2n) is 2.97. The summed E-state index contributed by atoms with van der Waals surface area (Å²) in [6, 6.07) is 0. The Bertz CT molecular complexity index is 399. The summed E-state index contributed by atoms with van der Waals surface area (Å²) in [6.07, 6.45) is 1.08. The zero-order chi connectivity index (χ0) is 10.5. The van der Waals surface area contributed by atoms with E-state index in [-0.39, 0.29) is 0 Å². The van der Waals surface area contributed by atoms with E-state index in [1.165, 1.54) is 11.5 Å². The minimum absolute atomic E-state index is 0.428. The standard InChI is InChI=1S/C8H11N5OS/c1-2-3-9-4-7-11-12-8(14-7)6-5-15-13-10-6/h5,9H,2-4H2,1H3. The molecular weight excluding hydrogens is 214 g/mol. The van der Waals surface area contributed by atoms with Crippen LogP contribution in [0.1, 0.15) is 19.2 Å². The Morgan fingerprint density at radius 2 is 2.33 bits per heavy atom. The van der Waals surface area contributed by atoms with Crippen LogP contribution in [0.5, 0.6) is 0 Å². The van der Waals surface area contributed by atoms with Gasteiger partial charge in [-0.05, 0) is 24.5 Å². The second-order valence-corrected chi connectivity index (χ2v) is 3.58. The summed E-state index contributed by atoms with van der Waals surface area (Å²) in [5, 5.41) is 16.6. The third kappa shape index (κ3) is 2.57. The molecule has 15 heavy (non-hydrogen) atoms. The van der Waals surface area contributed by atoms with Crippen LogP contribution in [0, 0.1) is 0 Å². The number of nitrogens with one attached hydrogen (secondary N) is 1. The van der Waals surface area contributed by atoms with Gasteiger partial charge in [-0.25, -0.2) is 0 Å². The van der Waals surface area contributed by atoms with Gasteiger partial charge >= 0.3 is 0 Å². The van der Waals surface area contributed by atoms with E-state index in [9.17, 15) is 0 Å². The molecule has 80 valence electrons. The zero-order valence-electron chi connectivity index (χ0n) is 8.30. The highest BCUT2D eigenvalue weighted by Gasteiger charge is 2.09. The first kappa shape index (κ1) is 10.2. The predicted molar refractivity (Wildman–Crippen MR) is 55.2 cm³/mol. The smallest absolute Gasteiger partial charge is 0.269 e. The molecule has 0 saturated heterocycles. The van der Waals surface area contributed by atoms with Crippen molar-refractivity contribution in [2.45, 2.75) is 19.9 Å². The first-order valence-corrected chi connectivity index (χ1v) is 5.54. The number of hydrogen-bond acceptors (Lipinski definition) is 7. The molecule has 0 aromatic carbocycles. The summed E-state index contributed by atoms with van der Waals surface area (Å²) < 4.78 is 9.13. The molecule has 6 nitrogen and oxygen atoms in total. The number of nitrogens with zero attached hydrogens (tertiary/aromatic N) is 4. The Labute approximate surface area is 90.9 Å². The summed E-state index contributed by atoms with van der Waals surface area (Å²) >= 11 is 1.26. The Morgan fingerprint density at radius 3 is 3.07 bits per heavy atom. The molecule has 2 rings (SSSR count). The predicted octanol–water partition coefficient (Wildman–Crippen LogP) is 1.09. The Morgan fingerprint density at radius 1 is 1.40 bits per heavy atom. The molecule has 0 fully saturated rings. The Balaban J connectivity index is 1.98. The third-order valence-electron chi connectivity index (χ3n) is 1.75. The van der Waals surface area contributed by atoms with Crippen LogP contribution in [-0.2, 0) is 6.54 Å². The van der Waals surface area contributed by atoms with E-state index in [1.54, 1.807) is 5.38 Å². The van der Waals surface area contributed by atoms with E-state index in [0.29, 0.717) is 24.0 Å². The number of aromatic nitrogens is 4. The summed E-state index contributed by atoms with van der Waals surface area (Å²) in [4.78, 5) is 0. The lowest BCUT2D eigenvalue weighted by atomic mass is 10.5. The molecule has 0 aliphatic rings. The van der Waals surface area contributed by atoms with Crippen molar-refractivity contribution in [3.8, 4) is 11.6 Å². The molecule has 0 bridgehead atoms. The molecule has 2 aromatic rings. The molecule has 0 aliphatic heterocycles. The van der Waals surface area contributed by atoms with E-state index in [4.69, 9.17) is 4.42 Å². The molecule has 0 spiro atoms. The van der Waals surface area contributed by atoms with Crippen molar-refractivity contribution < 1.29 is 4.42 Å². The maximum absolute atomic E-state index is 5.39. The molecule has 0 atom stereocenters. The topological polar surface area (TPSA) is 76.7 Å². The fraction of sp³-hybridized carbons (Fsp3) is 0.500. The monoisotopic (exact) mass is 225 g/mol. The van der Waals surface area contributed by atoms with Crippen molar-refractivity contribution >= 4 is 11.5 Å². The van der Waals surface area contributed by atoms with Gasteiger partial charge in [0, 0.05) is 5.38 Å². The zero-order valence-corrected chi connectivity index (χ0v) is 9.12. The Kier molecular flexibility index (Phi) is 3.36. The molecule has 0 amide bonds. The van der Waals surface area contributed by atoms with Crippen LogP contribution < -0.4 is 5.32 Å². The van der Waals surface area contributed by atoms with Gasteiger partial charge in [-0.2, -0.15) is 0 Å². The first-order valence-electron chi connectivity index (χ1n) is 4.70. The molecule has 0 unspecified atom stereocenters. The molecule has 2 heterocycles. The largest absolute Gasteiger partial charge is 0.418 e. The maximum Gasteiger partial charge on any atom is 0.269 e. The fourth-order valence-corrected chi connectivity index (χ4v) is 1.49. The highest BCUT2D eigenvalue weighted by molar-refractivity contribution is 7.03. The minimum atomic E-state index is 0.428. The summed E-state index contributed by atoms with van der Waals surface area (Å²) in [5.41, 5.74) is 0.634. The van der Waals surface area contributed by atoms with Crippen LogP contribution in [0.15, 0.2) is 9.80 Å². The number of hydrogen-bond donors (Lipinski definition) is 1. The van der Waals surface area contributed by atoms with Gasteiger partial charge in [-0.15, -0.1) is 15.3 Å². The van der Waals surface area contributed by atoms with Crippen molar-refractivity contribution in [2.75, 3.05) is 6.54 Å². The third-order valence-corrected chi connectivity index (χ3v) is 2.25. The van der Waals surface area contributed by atoms with Gasteiger partial charge in [-0.1, -0.05) is 11.4 Å². The maximum atomic E-state index is 5.39. The van der Waals surface area contributed by atoms with E-state index in [2.05, 4.69) is 32.0 Å². The van der Waals surface area contributed by atoms with Gasteiger partial charge in [-0.3, -0.25) is 0 Å². The Hall–Kier alpha value is -1.34. The van der Waals surface area contributed by atoms with E-state index in [1.807, 2.05) is 0 Å². The van der Waals surface area contributed by atoms with Gasteiger partial charge in [0.2, 0.25) is 5.89 Å². The van der Waals surface area contributed by atoms with Crippen LogP contribution in [0.4, 0.5) is 0 Å². The normalized spacial score (nSPS) is 10.7. The van der Waals surface area contributed by atoms with Crippen molar-refractivity contribution in [1.29, 1.82) is 0 Å². The SMILES string of the molecule is CCCNCc1nnc(-c2csnn2)o1. The van der Waals surface area contributed by atoms with Crippen LogP contribution in [0.3, 0.4) is 0 Å². The van der Waals surface area contributed by atoms with E-state index in [0.717, 1.165) is 13.0 Å². The van der Waals surface area contributed by atoms with Crippen LogP contribution in [-0.4, -0.2) is 26.3 Å². The van der Waals surface area contributed by atoms with Crippen molar-refractivity contribution in [2.24, 2.45) is 0 Å². The van der Waals surface area contributed by atoms with Crippen LogP contribution >= 0.6 is 11.5 Å². The van der Waals surface area contributed by atoms with E-state index < -0.39 is 0 Å². The van der Waals surface area contributed by atoms with Gasteiger partial charge in [0.1, 0.15) is 0 Å². The van der Waals surface area contributed by atoms with Crippen molar-refractivity contribution in [3.05, 3.63) is 11.3 Å². The van der Waals surface area contributed by atoms with E-state index >= 15 is 0 Å². The second kappa shape index (κ2) is 4.94. The summed E-state index contributed by atoms with van der Waals surface area (Å²) in [5.74, 6) is 1.00. The number of rotatable bonds is 5. The first-order chi connectivity index (χ1) is 7.40. The highest BCUT2D eigenvalue weighted by Crippen LogP contribution is 2.15. The average Bonchev–Trinajstić information content (AvgIpc) is 2.87. The average molecular weight is 225 g/mol. The summed E-state index contributed by atoms with van der Waals surface area (Å²) in [6.45, 7) is 3.64. The van der Waals surface area contributed by atoms with Crippen molar-refractivity contribution in [3.63, 3.8) is 0 Å². The van der Waals surface area contributed by atoms with Crippen LogP contribution in [0.25, 0.3) is 11.6 Å². The highest BCUT2D eigenvalue weighted by atomic mass is 32.1. The van der Waals surface area contributed by atoms with Crippen LogP contribution in [0.2, 0.25) is 0 Å². The lowest BCUT2D eigenvalue weighted by Crippen LogP contribution is -2.13. The van der Waals surface area contributed by atoms with Crippen molar-refractivity contribution in [1.82, 2.24) is 25.1 Å². The fourth-order valence-electron chi connectivity index (χ4n) is 1.06. The van der Waals surface area contributed by atoms with Gasteiger partial charge in [0.25, 0.3) is 5.89 Å². The van der Waals surface area contributed by atoms with Gasteiger partial charge < -0.3 is 9.73 Å². The minimum Gasteiger partial charge on any atom is -0.418 e. The summed E-state index contributed by atoms with van der Waals surface area (Å²) in [7, 11) is 0. The molecule has 0 saturated carbocycles. The lowest BCUT2D eigenvalue weighted by Gasteiger charge is -1.95. The molecule has 0 radical (unpaired) electrons. The van der Waals surface area contributed by atoms with Gasteiger partial charge in [0.05, 0.1) is 6.54 Å².